The van der Waals surface area contributed by atoms with Gasteiger partial charge in [-0.2, -0.15) is 5.10 Å². The predicted molar refractivity (Wildman–Crippen MR) is 48.4 cm³/mol. The van der Waals surface area contributed by atoms with Crippen molar-refractivity contribution in [2.45, 2.75) is 20.3 Å². The first-order valence-corrected chi connectivity index (χ1v) is 4.17. The van der Waals surface area contributed by atoms with Crippen LogP contribution in [0, 0.1) is 16.0 Å². The van der Waals surface area contributed by atoms with Crippen LogP contribution in [0.2, 0.25) is 0 Å². The zero-order valence-corrected chi connectivity index (χ0v) is 8.02. The van der Waals surface area contributed by atoms with Gasteiger partial charge in [0.15, 0.2) is 0 Å². The van der Waals surface area contributed by atoms with E-state index in [0.29, 0.717) is 18.0 Å². The highest BCUT2D eigenvalue weighted by atomic mass is 16.6. The Morgan fingerprint density at radius 3 is 2.77 bits per heavy atom. The molecule has 0 aliphatic heterocycles. The molecule has 5 nitrogen and oxygen atoms in total. The van der Waals surface area contributed by atoms with Gasteiger partial charge in [-0.3, -0.25) is 14.8 Å². The molecule has 13 heavy (non-hydrogen) atoms. The predicted octanol–water partition coefficient (Wildman–Crippen LogP) is 1.53. The number of aryl methyl sites for hydroxylation is 1. The van der Waals surface area contributed by atoms with Crippen LogP contribution in [0.25, 0.3) is 0 Å². The van der Waals surface area contributed by atoms with Crippen LogP contribution in [-0.2, 0) is 13.5 Å². The molecular weight excluding hydrogens is 170 g/mol. The minimum absolute atomic E-state index is 0.121. The fourth-order valence-corrected chi connectivity index (χ4v) is 1.23. The van der Waals surface area contributed by atoms with Gasteiger partial charge in [0, 0.05) is 7.05 Å². The molecule has 1 aromatic heterocycles. The maximum Gasteiger partial charge on any atom is 0.310 e. The van der Waals surface area contributed by atoms with Gasteiger partial charge in [-0.1, -0.05) is 13.8 Å². The summed E-state index contributed by atoms with van der Waals surface area (Å²) < 4.78 is 1.57. The number of nitrogens with zero attached hydrogens (tertiary/aromatic N) is 3. The first kappa shape index (κ1) is 9.70. The lowest BCUT2D eigenvalue weighted by molar-refractivity contribution is -0.385. The largest absolute Gasteiger partial charge is 0.310 e. The molecule has 0 saturated heterocycles. The van der Waals surface area contributed by atoms with E-state index in [9.17, 15) is 10.1 Å². The topological polar surface area (TPSA) is 61.0 Å². The van der Waals surface area contributed by atoms with E-state index in [0.717, 1.165) is 0 Å². The summed E-state index contributed by atoms with van der Waals surface area (Å²) in [6.07, 6.45) is 1.99. The molecule has 72 valence electrons. The molecule has 0 N–H and O–H groups in total. The van der Waals surface area contributed by atoms with Crippen LogP contribution >= 0.6 is 0 Å². The summed E-state index contributed by atoms with van der Waals surface area (Å²) in [6, 6.07) is 0. The molecule has 0 atom stereocenters. The molecule has 0 aromatic carbocycles. The van der Waals surface area contributed by atoms with Gasteiger partial charge in [0.1, 0.15) is 11.9 Å². The molecule has 1 rings (SSSR count). The van der Waals surface area contributed by atoms with Crippen molar-refractivity contribution in [1.29, 1.82) is 0 Å². The lowest BCUT2D eigenvalue weighted by Gasteiger charge is -2.03. The number of rotatable bonds is 3. The molecular formula is C8H13N3O2. The van der Waals surface area contributed by atoms with E-state index in [1.165, 1.54) is 6.20 Å². The van der Waals surface area contributed by atoms with E-state index in [1.54, 1.807) is 11.7 Å². The van der Waals surface area contributed by atoms with Gasteiger partial charge in [0.2, 0.25) is 0 Å². The summed E-state index contributed by atoms with van der Waals surface area (Å²) in [5, 5.41) is 14.4. The highest BCUT2D eigenvalue weighted by Gasteiger charge is 2.18. The molecule has 0 radical (unpaired) electrons. The van der Waals surface area contributed by atoms with Crippen molar-refractivity contribution in [2.24, 2.45) is 13.0 Å². The molecule has 0 saturated carbocycles. The molecule has 5 heteroatoms. The third-order valence-corrected chi connectivity index (χ3v) is 1.84. The maximum absolute atomic E-state index is 10.6. The summed E-state index contributed by atoms with van der Waals surface area (Å²) >= 11 is 0. The van der Waals surface area contributed by atoms with E-state index < -0.39 is 0 Å². The van der Waals surface area contributed by atoms with Gasteiger partial charge in [-0.05, 0) is 12.3 Å². The third kappa shape index (κ3) is 2.05. The van der Waals surface area contributed by atoms with Crippen LogP contribution in [0.4, 0.5) is 5.69 Å². The zero-order chi connectivity index (χ0) is 10.0. The molecule has 0 aliphatic rings. The Kier molecular flexibility index (Phi) is 2.65. The molecule has 1 aromatic rings. The van der Waals surface area contributed by atoms with Gasteiger partial charge >= 0.3 is 5.69 Å². The summed E-state index contributed by atoms with van der Waals surface area (Å²) in [7, 11) is 1.73. The second kappa shape index (κ2) is 3.55. The van der Waals surface area contributed by atoms with Crippen LogP contribution in [0.15, 0.2) is 6.20 Å². The summed E-state index contributed by atoms with van der Waals surface area (Å²) in [5.74, 6) is 0.397. The van der Waals surface area contributed by atoms with Crippen molar-refractivity contribution >= 4 is 5.69 Å². The van der Waals surface area contributed by atoms with Crippen LogP contribution in [0.1, 0.15) is 19.5 Å². The third-order valence-electron chi connectivity index (χ3n) is 1.84. The lowest BCUT2D eigenvalue weighted by atomic mass is 10.1. The minimum Gasteiger partial charge on any atom is -0.265 e. The Hall–Kier alpha value is -1.39. The monoisotopic (exact) mass is 183 g/mol. The average Bonchev–Trinajstić information content (AvgIpc) is 2.32. The second-order valence-electron chi connectivity index (χ2n) is 3.46. The van der Waals surface area contributed by atoms with E-state index in [2.05, 4.69) is 5.10 Å². The van der Waals surface area contributed by atoms with Gasteiger partial charge in [0.25, 0.3) is 0 Å². The van der Waals surface area contributed by atoms with Crippen molar-refractivity contribution < 1.29 is 4.92 Å². The average molecular weight is 183 g/mol. The smallest absolute Gasteiger partial charge is 0.265 e. The highest BCUT2D eigenvalue weighted by molar-refractivity contribution is 5.33. The molecule has 0 amide bonds. The van der Waals surface area contributed by atoms with Crippen molar-refractivity contribution in [3.05, 3.63) is 22.0 Å². The SMILES string of the molecule is CC(C)Cc1c([N+](=O)[O-])cnn1C. The Balaban J connectivity index is 3.01. The fourth-order valence-electron chi connectivity index (χ4n) is 1.23. The van der Waals surface area contributed by atoms with E-state index in [4.69, 9.17) is 0 Å². The van der Waals surface area contributed by atoms with Gasteiger partial charge in [-0.25, -0.2) is 0 Å². The molecule has 0 aliphatic carbocycles. The molecule has 0 unspecified atom stereocenters. The second-order valence-corrected chi connectivity index (χ2v) is 3.46. The quantitative estimate of drug-likeness (QED) is 0.527. The zero-order valence-electron chi connectivity index (χ0n) is 8.02. The van der Waals surface area contributed by atoms with Crippen molar-refractivity contribution in [3.63, 3.8) is 0 Å². The van der Waals surface area contributed by atoms with Crippen molar-refractivity contribution in [3.8, 4) is 0 Å². The van der Waals surface area contributed by atoms with Crippen molar-refractivity contribution in [2.75, 3.05) is 0 Å². The van der Waals surface area contributed by atoms with Gasteiger partial charge in [0.05, 0.1) is 4.92 Å². The van der Waals surface area contributed by atoms with E-state index in [1.807, 2.05) is 13.8 Å². The standard InChI is InChI=1S/C8H13N3O2/c1-6(2)4-7-8(11(12)13)5-9-10(7)3/h5-6H,4H2,1-3H3. The van der Waals surface area contributed by atoms with Crippen LogP contribution in [0.3, 0.4) is 0 Å². The number of hydrogen-bond acceptors (Lipinski definition) is 3. The van der Waals surface area contributed by atoms with Crippen molar-refractivity contribution in [1.82, 2.24) is 9.78 Å². The van der Waals surface area contributed by atoms with E-state index >= 15 is 0 Å². The Morgan fingerprint density at radius 1 is 1.69 bits per heavy atom. The Labute approximate surface area is 76.5 Å². The highest BCUT2D eigenvalue weighted by Crippen LogP contribution is 2.19. The summed E-state index contributed by atoms with van der Waals surface area (Å²) in [5.41, 5.74) is 0.816. The Morgan fingerprint density at radius 2 is 2.31 bits per heavy atom. The summed E-state index contributed by atoms with van der Waals surface area (Å²) in [6.45, 7) is 4.05. The molecule has 0 bridgehead atoms. The summed E-state index contributed by atoms with van der Waals surface area (Å²) in [4.78, 5) is 10.2. The number of hydrogen-bond donors (Lipinski definition) is 0. The van der Waals surface area contributed by atoms with Crippen LogP contribution < -0.4 is 0 Å². The number of nitro groups is 1. The molecule has 0 fully saturated rings. The van der Waals surface area contributed by atoms with Crippen LogP contribution in [0.5, 0.6) is 0 Å². The number of aromatic nitrogens is 2. The van der Waals surface area contributed by atoms with E-state index in [-0.39, 0.29) is 10.6 Å². The van der Waals surface area contributed by atoms with Gasteiger partial charge in [-0.15, -0.1) is 0 Å². The molecule has 1 heterocycles. The fraction of sp³-hybridized carbons (Fsp3) is 0.625. The maximum atomic E-state index is 10.6. The Bertz CT molecular complexity index is 317. The first-order chi connectivity index (χ1) is 6.02. The minimum atomic E-state index is -0.384. The normalized spacial score (nSPS) is 10.8. The first-order valence-electron chi connectivity index (χ1n) is 4.17. The van der Waals surface area contributed by atoms with Crippen LogP contribution in [-0.4, -0.2) is 14.7 Å². The molecule has 0 spiro atoms. The lowest BCUT2D eigenvalue weighted by Crippen LogP contribution is -2.04. The van der Waals surface area contributed by atoms with Gasteiger partial charge < -0.3 is 0 Å².